The van der Waals surface area contributed by atoms with Crippen molar-refractivity contribution in [3.8, 4) is 5.00 Å². The van der Waals surface area contributed by atoms with Gasteiger partial charge >= 0.3 is 12.1 Å². The van der Waals surface area contributed by atoms with Gasteiger partial charge in [0.15, 0.2) is 5.82 Å². The number of ether oxygens (including phenoxy) is 2. The summed E-state index contributed by atoms with van der Waals surface area (Å²) in [5, 5.41) is 9.75. The van der Waals surface area contributed by atoms with E-state index in [4.69, 9.17) is 14.5 Å². The Morgan fingerprint density at radius 1 is 1.07 bits per heavy atom. The van der Waals surface area contributed by atoms with Crippen molar-refractivity contribution in [3.63, 3.8) is 0 Å². The molecule has 210 valence electrons. The normalized spacial score (nSPS) is 16.9. The molecule has 0 saturated heterocycles. The Morgan fingerprint density at radius 2 is 1.77 bits per heavy atom. The van der Waals surface area contributed by atoms with Crippen LogP contribution in [0, 0.1) is 20.8 Å². The first-order chi connectivity index (χ1) is 19.0. The average molecular weight is 562 g/mol. The number of benzene rings is 1. The number of rotatable bonds is 4. The smallest absolute Gasteiger partial charge is 0.410 e. The van der Waals surface area contributed by atoms with Crippen LogP contribution < -0.4 is 0 Å². The van der Waals surface area contributed by atoms with Crippen LogP contribution in [0.1, 0.15) is 78.4 Å². The van der Waals surface area contributed by atoms with Gasteiger partial charge in [0.05, 0.1) is 19.2 Å². The standard InChI is InChI=1S/C30H35N5O4S/c1-17-18(2)40-28-25(17)26(31-23(16-24(36)38-7)27-33-32-19(3)35(27)28)22-10-8-20(9-11-22)21-12-14-34(15-13-21)29(37)39-30(4,5)6/h8-12,23H,13-16H2,1-7H3/t23-/m0/s1. The Hall–Kier alpha value is -3.79. The van der Waals surface area contributed by atoms with E-state index in [-0.39, 0.29) is 18.5 Å². The number of carbonyl (C=O) groups is 2. The molecule has 9 nitrogen and oxygen atoms in total. The number of thiophene rings is 1. The van der Waals surface area contributed by atoms with E-state index in [0.717, 1.165) is 45.2 Å². The highest BCUT2D eigenvalue weighted by Crippen LogP contribution is 2.39. The quantitative estimate of drug-likeness (QED) is 0.377. The Bertz CT molecular complexity index is 1520. The molecule has 5 rings (SSSR count). The number of fused-ring (bicyclic) bond motifs is 3. The maximum Gasteiger partial charge on any atom is 0.410 e. The van der Waals surface area contributed by atoms with Crippen LogP contribution in [-0.2, 0) is 14.3 Å². The van der Waals surface area contributed by atoms with Gasteiger partial charge in [-0.15, -0.1) is 21.5 Å². The maximum absolute atomic E-state index is 12.5. The number of esters is 1. The average Bonchev–Trinajstić information content (AvgIpc) is 3.39. The first-order valence-electron chi connectivity index (χ1n) is 13.4. The predicted molar refractivity (Wildman–Crippen MR) is 155 cm³/mol. The predicted octanol–water partition coefficient (Wildman–Crippen LogP) is 5.73. The first-order valence-corrected chi connectivity index (χ1v) is 14.2. The third kappa shape index (κ3) is 5.32. The van der Waals surface area contributed by atoms with Gasteiger partial charge in [0, 0.05) is 29.1 Å². The lowest BCUT2D eigenvalue weighted by Gasteiger charge is -2.29. The minimum Gasteiger partial charge on any atom is -0.469 e. The number of amides is 1. The summed E-state index contributed by atoms with van der Waals surface area (Å²) in [6.07, 6.45) is 2.64. The molecule has 2 aromatic heterocycles. The van der Waals surface area contributed by atoms with Crippen LogP contribution in [0.4, 0.5) is 4.79 Å². The number of hydrogen-bond acceptors (Lipinski definition) is 8. The molecule has 10 heteroatoms. The molecular formula is C30H35N5O4S. The summed E-state index contributed by atoms with van der Waals surface area (Å²) < 4.78 is 12.5. The second-order valence-electron chi connectivity index (χ2n) is 11.2. The van der Waals surface area contributed by atoms with Crippen LogP contribution in [-0.4, -0.2) is 63.2 Å². The summed E-state index contributed by atoms with van der Waals surface area (Å²) in [4.78, 5) is 32.9. The molecule has 2 aliphatic heterocycles. The fourth-order valence-corrected chi connectivity index (χ4v) is 6.25. The zero-order valence-electron chi connectivity index (χ0n) is 24.1. The van der Waals surface area contributed by atoms with Gasteiger partial charge in [0.1, 0.15) is 22.5 Å². The van der Waals surface area contributed by atoms with E-state index < -0.39 is 11.6 Å². The molecule has 0 N–H and O–H groups in total. The largest absolute Gasteiger partial charge is 0.469 e. The molecule has 0 radical (unpaired) electrons. The van der Waals surface area contributed by atoms with Gasteiger partial charge < -0.3 is 14.4 Å². The van der Waals surface area contributed by atoms with Gasteiger partial charge in [-0.1, -0.05) is 30.3 Å². The highest BCUT2D eigenvalue weighted by Gasteiger charge is 2.32. The second kappa shape index (κ2) is 10.6. The molecule has 0 aliphatic carbocycles. The highest BCUT2D eigenvalue weighted by atomic mass is 32.1. The second-order valence-corrected chi connectivity index (χ2v) is 12.4. The molecule has 0 fully saturated rings. The lowest BCUT2D eigenvalue weighted by molar-refractivity contribution is -0.141. The van der Waals surface area contributed by atoms with Gasteiger partial charge in [0.2, 0.25) is 0 Å². The van der Waals surface area contributed by atoms with Crippen LogP contribution >= 0.6 is 11.3 Å². The summed E-state index contributed by atoms with van der Waals surface area (Å²) in [6, 6.07) is 7.85. The van der Waals surface area contributed by atoms with E-state index in [1.165, 1.54) is 17.6 Å². The number of aliphatic imine (C=N–C) groups is 1. The van der Waals surface area contributed by atoms with Crippen LogP contribution in [0.5, 0.6) is 0 Å². The Labute approximate surface area is 238 Å². The third-order valence-corrected chi connectivity index (χ3v) is 8.41. The van der Waals surface area contributed by atoms with Gasteiger partial charge in [-0.05, 0) is 64.7 Å². The molecule has 0 saturated carbocycles. The molecular weight excluding hydrogens is 526 g/mol. The number of aryl methyl sites for hydroxylation is 2. The molecule has 1 amide bonds. The van der Waals surface area contributed by atoms with Crippen molar-refractivity contribution < 1.29 is 19.1 Å². The zero-order chi connectivity index (χ0) is 28.8. The van der Waals surface area contributed by atoms with Crippen LogP contribution in [0.3, 0.4) is 0 Å². The molecule has 1 aromatic carbocycles. The van der Waals surface area contributed by atoms with E-state index in [0.29, 0.717) is 18.9 Å². The van der Waals surface area contributed by atoms with Gasteiger partial charge in [-0.25, -0.2) is 4.79 Å². The van der Waals surface area contributed by atoms with Crippen molar-refractivity contribution in [2.24, 2.45) is 4.99 Å². The summed E-state index contributed by atoms with van der Waals surface area (Å²) in [5.74, 6) is 1.04. The monoisotopic (exact) mass is 561 g/mol. The summed E-state index contributed by atoms with van der Waals surface area (Å²) in [6.45, 7) is 12.9. The summed E-state index contributed by atoms with van der Waals surface area (Å²) in [5.41, 5.74) is 5.77. The van der Waals surface area contributed by atoms with Crippen molar-refractivity contribution in [3.05, 3.63) is 69.1 Å². The van der Waals surface area contributed by atoms with E-state index >= 15 is 0 Å². The van der Waals surface area contributed by atoms with E-state index in [2.05, 4.69) is 54.4 Å². The van der Waals surface area contributed by atoms with E-state index in [1.807, 2.05) is 32.3 Å². The molecule has 0 spiro atoms. The first kappa shape index (κ1) is 27.8. The van der Waals surface area contributed by atoms with Gasteiger partial charge in [0.25, 0.3) is 0 Å². The van der Waals surface area contributed by atoms with E-state index in [1.54, 1.807) is 16.2 Å². The van der Waals surface area contributed by atoms with Crippen molar-refractivity contribution in [2.45, 2.75) is 66.0 Å². The number of hydrogen-bond donors (Lipinski definition) is 0. The minimum atomic E-state index is -0.525. The Kier molecular flexibility index (Phi) is 7.39. The number of carbonyl (C=O) groups excluding carboxylic acids is 2. The van der Waals surface area contributed by atoms with E-state index in [9.17, 15) is 9.59 Å². The Balaban J connectivity index is 1.48. The fourth-order valence-electron chi connectivity index (χ4n) is 5.03. The summed E-state index contributed by atoms with van der Waals surface area (Å²) in [7, 11) is 1.38. The minimum absolute atomic E-state index is 0.0736. The Morgan fingerprint density at radius 3 is 2.40 bits per heavy atom. The third-order valence-electron chi connectivity index (χ3n) is 7.22. The molecule has 4 heterocycles. The number of methoxy groups -OCH3 is 1. The zero-order valence-corrected chi connectivity index (χ0v) is 24.9. The summed E-state index contributed by atoms with van der Waals surface area (Å²) >= 11 is 1.68. The molecule has 1 atom stereocenters. The maximum atomic E-state index is 12.5. The number of aromatic nitrogens is 3. The lowest BCUT2D eigenvalue weighted by atomic mass is 9.95. The topological polar surface area (TPSA) is 98.9 Å². The van der Waals surface area contributed by atoms with Crippen LogP contribution in [0.2, 0.25) is 0 Å². The van der Waals surface area contributed by atoms with Crippen molar-refractivity contribution in [1.82, 2.24) is 19.7 Å². The number of nitrogens with zero attached hydrogens (tertiary/aromatic N) is 5. The van der Waals surface area contributed by atoms with Crippen molar-refractivity contribution >= 4 is 34.7 Å². The van der Waals surface area contributed by atoms with Crippen LogP contribution in [0.15, 0.2) is 35.3 Å². The van der Waals surface area contributed by atoms with Gasteiger partial charge in [-0.3, -0.25) is 14.4 Å². The van der Waals surface area contributed by atoms with Crippen molar-refractivity contribution in [1.29, 1.82) is 0 Å². The SMILES string of the molecule is COC(=O)C[C@@H]1N=C(c2ccc(C3=CCN(C(=O)OC(C)(C)C)CC3)cc2)c2c(sc(C)c2C)-n2c(C)nnc21. The molecule has 2 aliphatic rings. The molecule has 0 unspecified atom stereocenters. The molecule has 40 heavy (non-hydrogen) atoms. The highest BCUT2D eigenvalue weighted by molar-refractivity contribution is 7.15. The van der Waals surface area contributed by atoms with Crippen molar-refractivity contribution in [2.75, 3.05) is 20.2 Å². The fraction of sp³-hybridized carbons (Fsp3) is 0.433. The molecule has 0 bridgehead atoms. The lowest BCUT2D eigenvalue weighted by Crippen LogP contribution is -2.39. The van der Waals surface area contributed by atoms with Crippen LogP contribution in [0.25, 0.3) is 10.6 Å². The van der Waals surface area contributed by atoms with Gasteiger partial charge in [-0.2, -0.15) is 0 Å². The molecule has 3 aromatic rings.